The van der Waals surface area contributed by atoms with Crippen LogP contribution in [0.1, 0.15) is 44.9 Å². The number of carbonyl (C=O) groups is 2. The molecule has 2 heterocycles. The number of aliphatic hydroxyl groups is 1. The lowest BCUT2D eigenvalue weighted by atomic mass is 9.93. The molecule has 0 unspecified atom stereocenters. The predicted octanol–water partition coefficient (Wildman–Crippen LogP) is 0.791. The highest BCUT2D eigenvalue weighted by atomic mass is 16.5. The Hall–Kier alpha value is -1.18. The molecular formula is C19H32N2O5. The summed E-state index contributed by atoms with van der Waals surface area (Å²) in [7, 11) is 3.49. The summed E-state index contributed by atoms with van der Waals surface area (Å²) in [6, 6.07) is -0.0799. The molecule has 3 fully saturated rings. The van der Waals surface area contributed by atoms with Crippen molar-refractivity contribution < 1.29 is 24.2 Å². The van der Waals surface area contributed by atoms with Gasteiger partial charge in [-0.05, 0) is 25.7 Å². The van der Waals surface area contributed by atoms with Crippen molar-refractivity contribution in [3.8, 4) is 0 Å². The van der Waals surface area contributed by atoms with Crippen molar-refractivity contribution in [3.63, 3.8) is 0 Å². The van der Waals surface area contributed by atoms with Crippen LogP contribution in [0.3, 0.4) is 0 Å². The van der Waals surface area contributed by atoms with E-state index in [-0.39, 0.29) is 42.6 Å². The Morgan fingerprint density at radius 3 is 2.54 bits per heavy atom. The van der Waals surface area contributed by atoms with E-state index >= 15 is 0 Å². The van der Waals surface area contributed by atoms with E-state index in [1.54, 1.807) is 19.0 Å². The fourth-order valence-corrected chi connectivity index (χ4v) is 4.38. The lowest BCUT2D eigenvalue weighted by Crippen LogP contribution is -2.58. The van der Waals surface area contributed by atoms with Crippen LogP contribution in [-0.4, -0.2) is 84.9 Å². The maximum atomic E-state index is 13.1. The first-order valence-electron chi connectivity index (χ1n) is 9.87. The van der Waals surface area contributed by atoms with Gasteiger partial charge in [0.2, 0.25) is 11.8 Å². The van der Waals surface area contributed by atoms with Crippen LogP contribution >= 0.6 is 0 Å². The van der Waals surface area contributed by atoms with Crippen molar-refractivity contribution >= 4 is 11.8 Å². The van der Waals surface area contributed by atoms with E-state index in [0.29, 0.717) is 19.6 Å². The summed E-state index contributed by atoms with van der Waals surface area (Å²) in [4.78, 5) is 28.5. The van der Waals surface area contributed by atoms with Crippen molar-refractivity contribution in [2.45, 2.75) is 69.3 Å². The first-order chi connectivity index (χ1) is 12.5. The van der Waals surface area contributed by atoms with Gasteiger partial charge >= 0.3 is 0 Å². The van der Waals surface area contributed by atoms with Gasteiger partial charge in [0.05, 0.1) is 37.9 Å². The van der Waals surface area contributed by atoms with Crippen molar-refractivity contribution in [1.82, 2.24) is 9.80 Å². The highest BCUT2D eigenvalue weighted by molar-refractivity contribution is 5.79. The van der Waals surface area contributed by atoms with Crippen LogP contribution in [0.15, 0.2) is 0 Å². The molecule has 0 radical (unpaired) electrons. The molecule has 26 heavy (non-hydrogen) atoms. The van der Waals surface area contributed by atoms with Crippen molar-refractivity contribution in [2.24, 2.45) is 5.92 Å². The molecule has 1 N–H and O–H groups in total. The Bertz CT molecular complexity index is 506. The van der Waals surface area contributed by atoms with Crippen LogP contribution in [0, 0.1) is 5.92 Å². The van der Waals surface area contributed by atoms with Gasteiger partial charge in [0.25, 0.3) is 0 Å². The van der Waals surface area contributed by atoms with E-state index < -0.39 is 6.10 Å². The SMILES string of the molecule is CN(C)C(=O)C[C@@H]1CC[C@H]2[C@@H](COC[C@H](O)CN2C(=O)C2CCCC2)O1. The van der Waals surface area contributed by atoms with Gasteiger partial charge in [-0.2, -0.15) is 0 Å². The number of hydrogen-bond acceptors (Lipinski definition) is 5. The molecule has 0 aromatic carbocycles. The van der Waals surface area contributed by atoms with Gasteiger partial charge in [0.15, 0.2) is 0 Å². The van der Waals surface area contributed by atoms with Crippen molar-refractivity contribution in [3.05, 3.63) is 0 Å². The molecule has 7 heteroatoms. The molecule has 0 bridgehead atoms. The van der Waals surface area contributed by atoms with Gasteiger partial charge in [-0.15, -0.1) is 0 Å². The summed E-state index contributed by atoms with van der Waals surface area (Å²) in [6.07, 6.45) is 4.95. The van der Waals surface area contributed by atoms with Crippen LogP contribution in [0.2, 0.25) is 0 Å². The molecule has 3 aliphatic rings. The average Bonchev–Trinajstić information content (AvgIpc) is 3.12. The smallest absolute Gasteiger partial charge is 0.226 e. The van der Waals surface area contributed by atoms with E-state index in [1.165, 1.54) is 0 Å². The standard InChI is InChI=1S/C19H32N2O5/c1-20(2)18(23)9-15-7-8-16-17(26-15)12-25-11-14(22)10-21(16)19(24)13-5-3-4-6-13/h13-17,22H,3-12H2,1-2H3/t14-,15+,16+,17-/m1/s1. The van der Waals surface area contributed by atoms with Gasteiger partial charge in [0, 0.05) is 26.6 Å². The maximum absolute atomic E-state index is 13.1. The minimum absolute atomic E-state index is 0.0505. The summed E-state index contributed by atoms with van der Waals surface area (Å²) in [6.45, 7) is 0.867. The van der Waals surface area contributed by atoms with Crippen LogP contribution < -0.4 is 0 Å². The normalized spacial score (nSPS) is 33.3. The Balaban J connectivity index is 1.69. The number of aliphatic hydroxyl groups excluding tert-OH is 1. The number of β-amino-alcohol motifs (C(OH)–C–C–N with tert-alkyl or cyclic N) is 1. The first kappa shape index (κ1) is 19.6. The van der Waals surface area contributed by atoms with Gasteiger partial charge in [-0.3, -0.25) is 9.59 Å². The maximum Gasteiger partial charge on any atom is 0.226 e. The molecule has 148 valence electrons. The Morgan fingerprint density at radius 2 is 1.85 bits per heavy atom. The first-order valence-corrected chi connectivity index (χ1v) is 9.87. The second-order valence-electron chi connectivity index (χ2n) is 8.10. The zero-order valence-corrected chi connectivity index (χ0v) is 15.9. The van der Waals surface area contributed by atoms with Gasteiger partial charge in [-0.1, -0.05) is 12.8 Å². The molecule has 2 aliphatic heterocycles. The second kappa shape index (κ2) is 8.67. The quantitative estimate of drug-likeness (QED) is 0.797. The molecule has 1 aliphatic carbocycles. The van der Waals surface area contributed by atoms with Crippen molar-refractivity contribution in [2.75, 3.05) is 33.9 Å². The zero-order valence-electron chi connectivity index (χ0n) is 15.9. The van der Waals surface area contributed by atoms with Crippen molar-refractivity contribution in [1.29, 1.82) is 0 Å². The monoisotopic (exact) mass is 368 g/mol. The Morgan fingerprint density at radius 1 is 1.12 bits per heavy atom. The summed E-state index contributed by atoms with van der Waals surface area (Å²) >= 11 is 0. The third-order valence-corrected chi connectivity index (χ3v) is 5.87. The number of hydrogen-bond donors (Lipinski definition) is 1. The fraction of sp³-hybridized carbons (Fsp3) is 0.895. The molecule has 7 nitrogen and oxygen atoms in total. The molecule has 0 aromatic rings. The molecule has 2 saturated heterocycles. The predicted molar refractivity (Wildman–Crippen MR) is 95.5 cm³/mol. The van der Waals surface area contributed by atoms with E-state index in [1.807, 2.05) is 4.90 Å². The summed E-state index contributed by atoms with van der Waals surface area (Å²) < 4.78 is 11.8. The molecular weight excluding hydrogens is 336 g/mol. The van der Waals surface area contributed by atoms with E-state index in [0.717, 1.165) is 38.5 Å². The lowest BCUT2D eigenvalue weighted by molar-refractivity contribution is -0.172. The van der Waals surface area contributed by atoms with E-state index in [4.69, 9.17) is 9.47 Å². The van der Waals surface area contributed by atoms with Crippen LogP contribution in [0.25, 0.3) is 0 Å². The fourth-order valence-electron chi connectivity index (χ4n) is 4.38. The Labute approximate surface area is 155 Å². The number of ether oxygens (including phenoxy) is 2. The average molecular weight is 368 g/mol. The third kappa shape index (κ3) is 4.56. The van der Waals surface area contributed by atoms with Gasteiger partial charge < -0.3 is 24.4 Å². The molecule has 0 aromatic heterocycles. The van der Waals surface area contributed by atoms with Gasteiger partial charge in [0.1, 0.15) is 6.10 Å². The zero-order chi connectivity index (χ0) is 18.7. The largest absolute Gasteiger partial charge is 0.389 e. The molecule has 2 amide bonds. The van der Waals surface area contributed by atoms with Crippen LogP contribution in [-0.2, 0) is 19.1 Å². The molecule has 0 spiro atoms. The van der Waals surface area contributed by atoms with Crippen LogP contribution in [0.5, 0.6) is 0 Å². The van der Waals surface area contributed by atoms with E-state index in [2.05, 4.69) is 0 Å². The molecule has 1 saturated carbocycles. The molecule has 3 rings (SSSR count). The van der Waals surface area contributed by atoms with Crippen LogP contribution in [0.4, 0.5) is 0 Å². The number of rotatable bonds is 3. The second-order valence-corrected chi connectivity index (χ2v) is 8.10. The number of fused-ring (bicyclic) bond motifs is 1. The van der Waals surface area contributed by atoms with E-state index in [9.17, 15) is 14.7 Å². The Kier molecular flexibility index (Phi) is 6.53. The summed E-state index contributed by atoms with van der Waals surface area (Å²) in [5, 5.41) is 10.2. The number of carbonyl (C=O) groups excluding carboxylic acids is 2. The minimum atomic E-state index is -0.658. The number of nitrogens with zero attached hydrogens (tertiary/aromatic N) is 2. The highest BCUT2D eigenvalue weighted by Crippen LogP contribution is 2.32. The lowest BCUT2D eigenvalue weighted by Gasteiger charge is -2.45. The third-order valence-electron chi connectivity index (χ3n) is 5.87. The summed E-state index contributed by atoms with van der Waals surface area (Å²) in [5.41, 5.74) is 0. The summed E-state index contributed by atoms with van der Waals surface area (Å²) in [5.74, 6) is 0.288. The molecule has 4 atom stereocenters. The topological polar surface area (TPSA) is 79.3 Å². The van der Waals surface area contributed by atoms with Gasteiger partial charge in [-0.25, -0.2) is 0 Å². The highest BCUT2D eigenvalue weighted by Gasteiger charge is 2.41. The number of amides is 2. The minimum Gasteiger partial charge on any atom is -0.389 e.